The Balaban J connectivity index is 1.98. The first-order valence-corrected chi connectivity index (χ1v) is 8.57. The molecule has 1 N–H and O–H groups in total. The molecule has 0 saturated heterocycles. The molecule has 3 rings (SSSR count). The Kier molecular flexibility index (Phi) is 5.58. The van der Waals surface area contributed by atoms with Crippen LogP contribution in [0.1, 0.15) is 15.9 Å². The molecule has 148 valence electrons. The number of rotatable bonds is 6. The van der Waals surface area contributed by atoms with Crippen molar-refractivity contribution in [3.05, 3.63) is 41.5 Å². The van der Waals surface area contributed by atoms with Crippen molar-refractivity contribution in [2.45, 2.75) is 6.54 Å². The minimum Gasteiger partial charge on any atom is -0.493 e. The van der Waals surface area contributed by atoms with E-state index in [4.69, 9.17) is 18.9 Å². The standard InChI is InChI=1S/C20H22N2O6/c1-25-16-8-6-13(18(26-2)19(16)27-3)10-22-11-17(23)21-14-9-12(20(24)28-4)5-7-15(14)22/h5-9H,10-11H2,1-4H3,(H,21,23). The molecule has 0 bridgehead atoms. The molecule has 0 atom stereocenters. The van der Waals surface area contributed by atoms with Crippen LogP contribution in [0.15, 0.2) is 30.3 Å². The van der Waals surface area contributed by atoms with Gasteiger partial charge in [0.05, 0.1) is 51.9 Å². The number of amides is 1. The largest absolute Gasteiger partial charge is 0.493 e. The summed E-state index contributed by atoms with van der Waals surface area (Å²) in [6, 6.07) is 8.73. The average Bonchev–Trinajstić information content (AvgIpc) is 2.71. The van der Waals surface area contributed by atoms with Gasteiger partial charge in [0.1, 0.15) is 0 Å². The lowest BCUT2D eigenvalue weighted by molar-refractivity contribution is -0.115. The zero-order valence-corrected chi connectivity index (χ0v) is 16.2. The molecular formula is C20H22N2O6. The van der Waals surface area contributed by atoms with Crippen molar-refractivity contribution in [2.75, 3.05) is 45.2 Å². The van der Waals surface area contributed by atoms with Crippen molar-refractivity contribution in [3.8, 4) is 17.2 Å². The molecule has 8 nitrogen and oxygen atoms in total. The average molecular weight is 386 g/mol. The van der Waals surface area contributed by atoms with Gasteiger partial charge in [0.15, 0.2) is 11.5 Å². The molecule has 1 aliphatic heterocycles. The second-order valence-electron chi connectivity index (χ2n) is 6.12. The van der Waals surface area contributed by atoms with E-state index < -0.39 is 5.97 Å². The van der Waals surface area contributed by atoms with Crippen LogP contribution in [0, 0.1) is 0 Å². The Morgan fingerprint density at radius 1 is 1.04 bits per heavy atom. The second kappa shape index (κ2) is 8.08. The molecule has 0 spiro atoms. The van der Waals surface area contributed by atoms with Crippen molar-refractivity contribution in [1.29, 1.82) is 0 Å². The molecule has 8 heteroatoms. The lowest BCUT2D eigenvalue weighted by Gasteiger charge is -2.31. The van der Waals surface area contributed by atoms with Crippen LogP contribution in [0.5, 0.6) is 17.2 Å². The molecule has 2 aromatic rings. The van der Waals surface area contributed by atoms with Gasteiger partial charge < -0.3 is 29.2 Å². The smallest absolute Gasteiger partial charge is 0.337 e. The van der Waals surface area contributed by atoms with Gasteiger partial charge in [-0.3, -0.25) is 4.79 Å². The Labute approximate surface area is 162 Å². The van der Waals surface area contributed by atoms with Crippen LogP contribution in [-0.4, -0.2) is 46.9 Å². The molecule has 0 saturated carbocycles. The first kappa shape index (κ1) is 19.3. The van der Waals surface area contributed by atoms with Crippen molar-refractivity contribution >= 4 is 23.3 Å². The summed E-state index contributed by atoms with van der Waals surface area (Å²) in [5.74, 6) is 0.957. The van der Waals surface area contributed by atoms with Crippen LogP contribution >= 0.6 is 0 Å². The number of fused-ring (bicyclic) bond motifs is 1. The van der Waals surface area contributed by atoms with E-state index in [0.29, 0.717) is 35.0 Å². The molecule has 0 radical (unpaired) electrons. The monoisotopic (exact) mass is 386 g/mol. The van der Waals surface area contributed by atoms with Crippen LogP contribution in [0.4, 0.5) is 11.4 Å². The van der Waals surface area contributed by atoms with Crippen molar-refractivity contribution < 1.29 is 28.5 Å². The maximum atomic E-state index is 12.2. The quantitative estimate of drug-likeness (QED) is 0.763. The van der Waals surface area contributed by atoms with E-state index in [1.54, 1.807) is 45.6 Å². The number of hydrogen-bond acceptors (Lipinski definition) is 7. The van der Waals surface area contributed by atoms with Gasteiger partial charge in [-0.2, -0.15) is 0 Å². The number of methoxy groups -OCH3 is 4. The number of ether oxygens (including phenoxy) is 4. The summed E-state index contributed by atoms with van der Waals surface area (Å²) in [7, 11) is 5.97. The number of nitrogens with zero attached hydrogens (tertiary/aromatic N) is 1. The van der Waals surface area contributed by atoms with Gasteiger partial charge in [-0.05, 0) is 30.3 Å². The second-order valence-corrected chi connectivity index (χ2v) is 6.12. The molecule has 0 aliphatic carbocycles. The van der Waals surface area contributed by atoms with Gasteiger partial charge in [-0.1, -0.05) is 0 Å². The number of benzene rings is 2. The third-order valence-corrected chi connectivity index (χ3v) is 4.51. The predicted octanol–water partition coefficient (Wildman–Crippen LogP) is 2.46. The summed E-state index contributed by atoms with van der Waals surface area (Å²) in [6.45, 7) is 0.573. The zero-order chi connectivity index (χ0) is 20.3. The maximum absolute atomic E-state index is 12.2. The first-order valence-electron chi connectivity index (χ1n) is 8.57. The van der Waals surface area contributed by atoms with Crippen LogP contribution in [0.2, 0.25) is 0 Å². The van der Waals surface area contributed by atoms with E-state index in [9.17, 15) is 9.59 Å². The summed E-state index contributed by atoms with van der Waals surface area (Å²) in [5.41, 5.74) is 2.55. The van der Waals surface area contributed by atoms with Gasteiger partial charge in [0, 0.05) is 12.1 Å². The number of hydrogen-bond donors (Lipinski definition) is 1. The van der Waals surface area contributed by atoms with Crippen molar-refractivity contribution in [3.63, 3.8) is 0 Å². The highest BCUT2D eigenvalue weighted by atomic mass is 16.5. The highest BCUT2D eigenvalue weighted by Gasteiger charge is 2.25. The van der Waals surface area contributed by atoms with Gasteiger partial charge >= 0.3 is 5.97 Å². The molecule has 1 aliphatic rings. The fraction of sp³-hybridized carbons (Fsp3) is 0.300. The molecule has 0 unspecified atom stereocenters. The van der Waals surface area contributed by atoms with Gasteiger partial charge in [0.2, 0.25) is 11.7 Å². The lowest BCUT2D eigenvalue weighted by Crippen LogP contribution is -2.38. The minimum atomic E-state index is -0.462. The summed E-state index contributed by atoms with van der Waals surface area (Å²) in [5, 5.41) is 2.80. The maximum Gasteiger partial charge on any atom is 0.337 e. The third-order valence-electron chi connectivity index (χ3n) is 4.51. The molecule has 28 heavy (non-hydrogen) atoms. The first-order chi connectivity index (χ1) is 13.5. The predicted molar refractivity (Wildman–Crippen MR) is 104 cm³/mol. The fourth-order valence-electron chi connectivity index (χ4n) is 3.24. The topological polar surface area (TPSA) is 86.3 Å². The lowest BCUT2D eigenvalue weighted by atomic mass is 10.1. The van der Waals surface area contributed by atoms with Crippen molar-refractivity contribution in [2.24, 2.45) is 0 Å². The van der Waals surface area contributed by atoms with E-state index in [0.717, 1.165) is 11.3 Å². The molecule has 2 aromatic carbocycles. The highest BCUT2D eigenvalue weighted by molar-refractivity contribution is 6.03. The van der Waals surface area contributed by atoms with E-state index in [-0.39, 0.29) is 12.5 Å². The Hall–Kier alpha value is -3.42. The molecule has 1 heterocycles. The highest BCUT2D eigenvalue weighted by Crippen LogP contribution is 2.41. The van der Waals surface area contributed by atoms with E-state index in [1.165, 1.54) is 7.11 Å². The number of carbonyl (C=O) groups is 2. The SMILES string of the molecule is COC(=O)c1ccc2c(c1)NC(=O)CN2Cc1ccc(OC)c(OC)c1OC. The fourth-order valence-corrected chi connectivity index (χ4v) is 3.24. The molecule has 0 aromatic heterocycles. The summed E-state index contributed by atoms with van der Waals surface area (Å²) < 4.78 is 21.0. The number of nitrogens with one attached hydrogen (secondary N) is 1. The third kappa shape index (κ3) is 3.53. The number of anilines is 2. The minimum absolute atomic E-state index is 0.169. The number of carbonyl (C=O) groups excluding carboxylic acids is 2. The van der Waals surface area contributed by atoms with Gasteiger partial charge in [0.25, 0.3) is 0 Å². The van der Waals surface area contributed by atoms with Crippen molar-refractivity contribution in [1.82, 2.24) is 0 Å². The Morgan fingerprint density at radius 3 is 2.43 bits per heavy atom. The number of esters is 1. The Morgan fingerprint density at radius 2 is 1.79 bits per heavy atom. The van der Waals surface area contributed by atoms with Gasteiger partial charge in [-0.25, -0.2) is 4.79 Å². The van der Waals surface area contributed by atoms with Crippen LogP contribution in [0.3, 0.4) is 0 Å². The van der Waals surface area contributed by atoms with Crippen LogP contribution in [0.25, 0.3) is 0 Å². The van der Waals surface area contributed by atoms with Gasteiger partial charge in [-0.15, -0.1) is 0 Å². The summed E-state index contributed by atoms with van der Waals surface area (Å²) >= 11 is 0. The van der Waals surface area contributed by atoms with E-state index in [2.05, 4.69) is 5.32 Å². The van der Waals surface area contributed by atoms with Crippen LogP contribution in [-0.2, 0) is 16.1 Å². The summed E-state index contributed by atoms with van der Waals surface area (Å²) in [6.07, 6.45) is 0. The molecule has 0 fully saturated rings. The molecule has 1 amide bonds. The van der Waals surface area contributed by atoms with Crippen LogP contribution < -0.4 is 24.4 Å². The molecular weight excluding hydrogens is 364 g/mol. The van der Waals surface area contributed by atoms with E-state index in [1.807, 2.05) is 11.0 Å². The zero-order valence-electron chi connectivity index (χ0n) is 16.2. The Bertz CT molecular complexity index is 912. The van der Waals surface area contributed by atoms with E-state index >= 15 is 0 Å². The normalized spacial score (nSPS) is 12.7. The summed E-state index contributed by atoms with van der Waals surface area (Å²) in [4.78, 5) is 25.9.